The van der Waals surface area contributed by atoms with E-state index in [4.69, 9.17) is 11.5 Å². The van der Waals surface area contributed by atoms with E-state index in [2.05, 4.69) is 15.6 Å². The van der Waals surface area contributed by atoms with E-state index in [9.17, 15) is 9.59 Å². The second-order valence-electron chi connectivity index (χ2n) is 3.78. The highest BCUT2D eigenvalue weighted by Crippen LogP contribution is 2.24. The van der Waals surface area contributed by atoms with Gasteiger partial charge in [0.2, 0.25) is 0 Å². The average Bonchev–Trinajstić information content (AvgIpc) is 2.73. The molecule has 0 unspecified atom stereocenters. The van der Waals surface area contributed by atoms with E-state index in [1.165, 1.54) is 11.3 Å². The monoisotopic (exact) mass is 279 g/mol. The zero-order valence-corrected chi connectivity index (χ0v) is 10.8. The first-order chi connectivity index (χ1) is 9.06. The third kappa shape index (κ3) is 3.32. The number of primary amides is 1. The van der Waals surface area contributed by atoms with Crippen molar-refractivity contribution < 1.29 is 9.59 Å². The first-order valence-electron chi connectivity index (χ1n) is 5.54. The molecule has 2 rings (SSSR count). The maximum absolute atomic E-state index is 11.8. The zero-order valence-electron chi connectivity index (χ0n) is 9.97. The topological polar surface area (TPSA) is 123 Å². The maximum Gasteiger partial charge on any atom is 0.312 e. The van der Waals surface area contributed by atoms with Crippen LogP contribution in [-0.2, 0) is 0 Å². The highest BCUT2D eigenvalue weighted by Gasteiger charge is 2.08. The molecule has 0 saturated heterocycles. The fraction of sp³-hybridized carbons (Fsp3) is 0.182. The van der Waals surface area contributed by atoms with Crippen LogP contribution in [0.1, 0.15) is 10.4 Å². The van der Waals surface area contributed by atoms with Gasteiger partial charge in [0, 0.05) is 18.7 Å². The van der Waals surface area contributed by atoms with E-state index >= 15 is 0 Å². The number of thiazole rings is 1. The smallest absolute Gasteiger partial charge is 0.312 e. The molecule has 0 atom stereocenters. The summed E-state index contributed by atoms with van der Waals surface area (Å²) in [6.07, 6.45) is 0. The number of anilines is 1. The van der Waals surface area contributed by atoms with Crippen LogP contribution in [-0.4, -0.2) is 30.0 Å². The van der Waals surface area contributed by atoms with Crippen LogP contribution < -0.4 is 22.1 Å². The number of hydrogen-bond donors (Lipinski definition) is 4. The molecule has 0 radical (unpaired) electrons. The van der Waals surface area contributed by atoms with Crippen LogP contribution in [0, 0.1) is 0 Å². The predicted molar refractivity (Wildman–Crippen MR) is 74.0 cm³/mol. The number of benzene rings is 1. The first kappa shape index (κ1) is 13.1. The van der Waals surface area contributed by atoms with E-state index in [1.807, 2.05) is 0 Å². The number of carbonyl (C=O) groups excluding carboxylic acids is 2. The Balaban J connectivity index is 1.98. The maximum atomic E-state index is 11.8. The molecule has 3 amide bonds. The van der Waals surface area contributed by atoms with E-state index in [0.29, 0.717) is 17.2 Å². The molecule has 19 heavy (non-hydrogen) atoms. The number of nitrogens with one attached hydrogen (secondary N) is 2. The van der Waals surface area contributed by atoms with Crippen molar-refractivity contribution in [1.82, 2.24) is 15.6 Å². The standard InChI is InChI=1S/C11H13N5O2S/c12-10(18)15-4-3-14-9(17)6-1-2-7-8(5-6)19-11(13)16-7/h1-2,5H,3-4H2,(H2,13,16)(H,14,17)(H3,12,15,18). The Labute approximate surface area is 113 Å². The van der Waals surface area contributed by atoms with Crippen molar-refractivity contribution in [2.24, 2.45) is 5.73 Å². The lowest BCUT2D eigenvalue weighted by molar-refractivity contribution is 0.0954. The largest absolute Gasteiger partial charge is 0.375 e. The predicted octanol–water partition coefficient (Wildman–Crippen LogP) is 0.277. The Kier molecular flexibility index (Phi) is 3.81. The third-order valence-electron chi connectivity index (χ3n) is 2.38. The quantitative estimate of drug-likeness (QED) is 0.600. The molecule has 0 aliphatic rings. The first-order valence-corrected chi connectivity index (χ1v) is 6.35. The van der Waals surface area contributed by atoms with Crippen molar-refractivity contribution in [3.05, 3.63) is 23.8 Å². The van der Waals surface area contributed by atoms with E-state index < -0.39 is 6.03 Å². The highest BCUT2D eigenvalue weighted by molar-refractivity contribution is 7.22. The Morgan fingerprint density at radius 3 is 2.74 bits per heavy atom. The van der Waals surface area contributed by atoms with Crippen molar-refractivity contribution in [3.63, 3.8) is 0 Å². The van der Waals surface area contributed by atoms with Gasteiger partial charge in [0.25, 0.3) is 5.91 Å². The lowest BCUT2D eigenvalue weighted by Gasteiger charge is -2.05. The Bertz CT molecular complexity index is 625. The number of aromatic nitrogens is 1. The second-order valence-corrected chi connectivity index (χ2v) is 4.84. The van der Waals surface area contributed by atoms with Crippen LogP contribution in [0.15, 0.2) is 18.2 Å². The summed E-state index contributed by atoms with van der Waals surface area (Å²) in [4.78, 5) is 26.4. The Hall–Kier alpha value is -2.35. The van der Waals surface area contributed by atoms with Gasteiger partial charge in [0.1, 0.15) is 0 Å². The van der Waals surface area contributed by atoms with E-state index in [0.717, 1.165) is 10.2 Å². The van der Waals surface area contributed by atoms with Gasteiger partial charge in [0.15, 0.2) is 5.13 Å². The Morgan fingerprint density at radius 2 is 2.00 bits per heavy atom. The molecule has 8 heteroatoms. The van der Waals surface area contributed by atoms with Crippen LogP contribution in [0.25, 0.3) is 10.2 Å². The lowest BCUT2D eigenvalue weighted by atomic mass is 10.2. The molecule has 1 aromatic heterocycles. The number of hydrogen-bond acceptors (Lipinski definition) is 5. The summed E-state index contributed by atoms with van der Waals surface area (Å²) in [6, 6.07) is 4.55. The molecule has 0 saturated carbocycles. The third-order valence-corrected chi connectivity index (χ3v) is 3.22. The number of nitrogens with two attached hydrogens (primary N) is 2. The van der Waals surface area contributed by atoms with Crippen molar-refractivity contribution in [3.8, 4) is 0 Å². The molecule has 100 valence electrons. The minimum absolute atomic E-state index is 0.222. The van der Waals surface area contributed by atoms with Crippen LogP contribution in [0.5, 0.6) is 0 Å². The number of carbonyl (C=O) groups is 2. The molecule has 0 spiro atoms. The molecule has 1 aromatic carbocycles. The summed E-state index contributed by atoms with van der Waals surface area (Å²) in [7, 11) is 0. The summed E-state index contributed by atoms with van der Waals surface area (Å²) in [5, 5.41) is 5.53. The molecule has 2 aromatic rings. The molecule has 1 heterocycles. The van der Waals surface area contributed by atoms with Crippen molar-refractivity contribution >= 4 is 38.6 Å². The number of nitrogen functional groups attached to an aromatic ring is 1. The number of rotatable bonds is 4. The van der Waals surface area contributed by atoms with Crippen molar-refractivity contribution in [2.45, 2.75) is 0 Å². The molecular weight excluding hydrogens is 266 g/mol. The van der Waals surface area contributed by atoms with E-state index in [1.54, 1.807) is 18.2 Å². The molecule has 0 aliphatic carbocycles. The zero-order chi connectivity index (χ0) is 13.8. The summed E-state index contributed by atoms with van der Waals surface area (Å²) in [5.74, 6) is -0.222. The van der Waals surface area contributed by atoms with Gasteiger partial charge >= 0.3 is 6.03 Å². The van der Waals surface area contributed by atoms with Gasteiger partial charge in [-0.05, 0) is 18.2 Å². The van der Waals surface area contributed by atoms with Crippen molar-refractivity contribution in [1.29, 1.82) is 0 Å². The SMILES string of the molecule is NC(=O)NCCNC(=O)c1ccc2nc(N)sc2c1. The number of nitrogens with zero attached hydrogens (tertiary/aromatic N) is 1. The van der Waals surface area contributed by atoms with Crippen molar-refractivity contribution in [2.75, 3.05) is 18.8 Å². The lowest BCUT2D eigenvalue weighted by Crippen LogP contribution is -2.37. The number of fused-ring (bicyclic) bond motifs is 1. The molecule has 0 bridgehead atoms. The fourth-order valence-electron chi connectivity index (χ4n) is 1.55. The minimum atomic E-state index is -0.615. The van der Waals surface area contributed by atoms with Gasteiger partial charge < -0.3 is 22.1 Å². The van der Waals surface area contributed by atoms with Crippen LogP contribution in [0.2, 0.25) is 0 Å². The second kappa shape index (κ2) is 5.53. The normalized spacial score (nSPS) is 10.3. The summed E-state index contributed by atoms with van der Waals surface area (Å²) in [6.45, 7) is 0.599. The van der Waals surface area contributed by atoms with Crippen LogP contribution >= 0.6 is 11.3 Å². The summed E-state index contributed by atoms with van der Waals surface area (Å²) >= 11 is 1.33. The molecular formula is C11H13N5O2S. The molecule has 7 nitrogen and oxygen atoms in total. The molecule has 0 fully saturated rings. The average molecular weight is 279 g/mol. The fourth-order valence-corrected chi connectivity index (χ4v) is 2.32. The van der Waals surface area contributed by atoms with Gasteiger partial charge in [-0.2, -0.15) is 0 Å². The van der Waals surface area contributed by atoms with E-state index in [-0.39, 0.29) is 12.5 Å². The Morgan fingerprint density at radius 1 is 1.26 bits per heavy atom. The molecule has 0 aliphatic heterocycles. The van der Waals surface area contributed by atoms with Gasteiger partial charge in [0.05, 0.1) is 10.2 Å². The van der Waals surface area contributed by atoms with Crippen LogP contribution in [0.3, 0.4) is 0 Å². The number of urea groups is 1. The van der Waals surface area contributed by atoms with Crippen LogP contribution in [0.4, 0.5) is 9.93 Å². The summed E-state index contributed by atoms with van der Waals surface area (Å²) in [5.41, 5.74) is 11.8. The summed E-state index contributed by atoms with van der Waals surface area (Å²) < 4.78 is 0.861. The van der Waals surface area contributed by atoms with Gasteiger partial charge in [-0.15, -0.1) is 0 Å². The van der Waals surface area contributed by atoms with Gasteiger partial charge in [-0.25, -0.2) is 9.78 Å². The number of amides is 3. The highest BCUT2D eigenvalue weighted by atomic mass is 32.1. The van der Waals surface area contributed by atoms with Gasteiger partial charge in [-0.3, -0.25) is 4.79 Å². The minimum Gasteiger partial charge on any atom is -0.375 e. The van der Waals surface area contributed by atoms with Gasteiger partial charge in [-0.1, -0.05) is 11.3 Å². The molecule has 6 N–H and O–H groups in total.